The van der Waals surface area contributed by atoms with Crippen LogP contribution in [-0.2, 0) is 0 Å². The van der Waals surface area contributed by atoms with Gasteiger partial charge in [-0.1, -0.05) is 6.07 Å². The third-order valence-electron chi connectivity index (χ3n) is 3.38. The van der Waals surface area contributed by atoms with Crippen LogP contribution in [0.15, 0.2) is 24.3 Å². The van der Waals surface area contributed by atoms with Crippen LogP contribution in [0, 0.1) is 10.1 Å². The van der Waals surface area contributed by atoms with Crippen molar-refractivity contribution in [1.29, 1.82) is 0 Å². The maximum Gasteiger partial charge on any atom is 0.271 e. The Morgan fingerprint density at radius 3 is 3.00 bits per heavy atom. The molecule has 1 aromatic rings. The van der Waals surface area contributed by atoms with Crippen LogP contribution >= 0.6 is 0 Å². The van der Waals surface area contributed by atoms with Crippen molar-refractivity contribution < 1.29 is 4.92 Å². The Morgan fingerprint density at radius 1 is 1.39 bits per heavy atom. The minimum atomic E-state index is -0.355. The smallest absolute Gasteiger partial charge is 0.271 e. The third-order valence-corrected chi connectivity index (χ3v) is 3.38. The topological polar surface area (TPSA) is 58.4 Å². The quantitative estimate of drug-likeness (QED) is 0.660. The summed E-state index contributed by atoms with van der Waals surface area (Å²) in [5.41, 5.74) is 0.990. The zero-order chi connectivity index (χ0) is 13.0. The first-order valence-corrected chi connectivity index (χ1v) is 6.34. The molecular formula is C13H19N3O2. The van der Waals surface area contributed by atoms with Gasteiger partial charge in [-0.05, 0) is 45.5 Å². The molecule has 5 nitrogen and oxygen atoms in total. The summed E-state index contributed by atoms with van der Waals surface area (Å²) < 4.78 is 0. The number of nitro groups is 1. The van der Waals surface area contributed by atoms with Crippen LogP contribution in [-0.4, -0.2) is 36.0 Å². The molecular weight excluding hydrogens is 230 g/mol. The number of nitrogens with zero attached hydrogens (tertiary/aromatic N) is 2. The SMILES string of the molecule is CN1CCCC(Nc2cccc([N+](=O)[O-])c2)CC1. The van der Waals surface area contributed by atoms with E-state index in [1.807, 2.05) is 6.07 Å². The average Bonchev–Trinajstić information content (AvgIpc) is 2.55. The summed E-state index contributed by atoms with van der Waals surface area (Å²) in [5, 5.41) is 14.1. The number of nitrogens with one attached hydrogen (secondary N) is 1. The van der Waals surface area contributed by atoms with Gasteiger partial charge < -0.3 is 10.2 Å². The number of rotatable bonds is 3. The summed E-state index contributed by atoms with van der Waals surface area (Å²) in [7, 11) is 2.13. The van der Waals surface area contributed by atoms with E-state index in [0.717, 1.165) is 31.6 Å². The van der Waals surface area contributed by atoms with Crippen LogP contribution in [0.5, 0.6) is 0 Å². The van der Waals surface area contributed by atoms with Crippen LogP contribution in [0.25, 0.3) is 0 Å². The summed E-state index contributed by atoms with van der Waals surface area (Å²) >= 11 is 0. The molecule has 0 aromatic heterocycles. The molecule has 5 heteroatoms. The van der Waals surface area contributed by atoms with Crippen LogP contribution < -0.4 is 5.32 Å². The van der Waals surface area contributed by atoms with Crippen molar-refractivity contribution in [2.24, 2.45) is 0 Å². The van der Waals surface area contributed by atoms with Gasteiger partial charge in [-0.15, -0.1) is 0 Å². The second-order valence-electron chi connectivity index (χ2n) is 4.88. The number of likely N-dealkylation sites (tertiary alicyclic amines) is 1. The van der Waals surface area contributed by atoms with E-state index in [-0.39, 0.29) is 10.6 Å². The lowest BCUT2D eigenvalue weighted by molar-refractivity contribution is -0.384. The largest absolute Gasteiger partial charge is 0.382 e. The third kappa shape index (κ3) is 3.43. The first kappa shape index (κ1) is 12.8. The van der Waals surface area contributed by atoms with Crippen molar-refractivity contribution in [3.63, 3.8) is 0 Å². The molecule has 2 rings (SSSR count). The molecule has 1 atom stereocenters. The summed E-state index contributed by atoms with van der Waals surface area (Å²) in [5.74, 6) is 0. The fourth-order valence-electron chi connectivity index (χ4n) is 2.33. The molecule has 0 bridgehead atoms. The molecule has 18 heavy (non-hydrogen) atoms. The van der Waals surface area contributed by atoms with Crippen LogP contribution in [0.2, 0.25) is 0 Å². The lowest BCUT2D eigenvalue weighted by Gasteiger charge is -2.17. The van der Waals surface area contributed by atoms with Crippen molar-refractivity contribution >= 4 is 11.4 Å². The number of anilines is 1. The number of non-ortho nitro benzene ring substituents is 1. The standard InChI is InChI=1S/C13H19N3O2/c1-15-8-3-5-11(7-9-15)14-12-4-2-6-13(10-12)16(17)18/h2,4,6,10-11,14H,3,5,7-9H2,1H3. The average molecular weight is 249 g/mol. The number of benzene rings is 1. The van der Waals surface area contributed by atoms with Crippen molar-refractivity contribution in [3.05, 3.63) is 34.4 Å². The Kier molecular flexibility index (Phi) is 4.15. The van der Waals surface area contributed by atoms with Gasteiger partial charge >= 0.3 is 0 Å². The normalized spacial score (nSPS) is 21.3. The summed E-state index contributed by atoms with van der Waals surface area (Å²) in [4.78, 5) is 12.7. The van der Waals surface area contributed by atoms with E-state index < -0.39 is 0 Å². The van der Waals surface area contributed by atoms with Crippen molar-refractivity contribution in [1.82, 2.24) is 4.90 Å². The Hall–Kier alpha value is -1.62. The zero-order valence-corrected chi connectivity index (χ0v) is 10.6. The van der Waals surface area contributed by atoms with E-state index in [9.17, 15) is 10.1 Å². The lowest BCUT2D eigenvalue weighted by atomic mass is 10.1. The second kappa shape index (κ2) is 5.82. The van der Waals surface area contributed by atoms with E-state index in [1.54, 1.807) is 12.1 Å². The van der Waals surface area contributed by atoms with Gasteiger partial charge in [-0.3, -0.25) is 10.1 Å². The molecule has 1 heterocycles. The molecule has 1 aromatic carbocycles. The molecule has 1 aliphatic rings. The fourth-order valence-corrected chi connectivity index (χ4v) is 2.33. The molecule has 98 valence electrons. The van der Waals surface area contributed by atoms with Gasteiger partial charge in [-0.2, -0.15) is 0 Å². The van der Waals surface area contributed by atoms with E-state index in [2.05, 4.69) is 17.3 Å². The number of hydrogen-bond donors (Lipinski definition) is 1. The summed E-state index contributed by atoms with van der Waals surface area (Å²) in [6, 6.07) is 7.16. The predicted octanol–water partition coefficient (Wildman–Crippen LogP) is 2.49. The molecule has 0 amide bonds. The fraction of sp³-hybridized carbons (Fsp3) is 0.538. The maximum absolute atomic E-state index is 10.7. The Balaban J connectivity index is 2.00. The van der Waals surface area contributed by atoms with E-state index in [1.165, 1.54) is 12.5 Å². The molecule has 1 saturated heterocycles. The van der Waals surface area contributed by atoms with E-state index in [0.29, 0.717) is 6.04 Å². The molecule has 1 fully saturated rings. The van der Waals surface area contributed by atoms with Crippen LogP contribution in [0.3, 0.4) is 0 Å². The number of hydrogen-bond acceptors (Lipinski definition) is 4. The van der Waals surface area contributed by atoms with Gasteiger partial charge in [0.2, 0.25) is 0 Å². The van der Waals surface area contributed by atoms with Crippen LogP contribution in [0.4, 0.5) is 11.4 Å². The highest BCUT2D eigenvalue weighted by molar-refractivity contribution is 5.51. The first-order chi connectivity index (χ1) is 8.65. The first-order valence-electron chi connectivity index (χ1n) is 6.34. The molecule has 1 unspecified atom stereocenters. The molecule has 0 aliphatic carbocycles. The Bertz CT molecular complexity index is 422. The van der Waals surface area contributed by atoms with E-state index in [4.69, 9.17) is 0 Å². The Morgan fingerprint density at radius 2 is 2.22 bits per heavy atom. The highest BCUT2D eigenvalue weighted by atomic mass is 16.6. The van der Waals surface area contributed by atoms with Crippen molar-refractivity contribution in [3.8, 4) is 0 Å². The minimum Gasteiger partial charge on any atom is -0.382 e. The van der Waals surface area contributed by atoms with Gasteiger partial charge in [-0.25, -0.2) is 0 Å². The molecule has 0 saturated carbocycles. The minimum absolute atomic E-state index is 0.144. The molecule has 0 radical (unpaired) electrons. The zero-order valence-electron chi connectivity index (χ0n) is 10.6. The van der Waals surface area contributed by atoms with Gasteiger partial charge in [0.15, 0.2) is 0 Å². The molecule has 1 aliphatic heterocycles. The summed E-state index contributed by atoms with van der Waals surface area (Å²) in [6.45, 7) is 2.21. The van der Waals surface area contributed by atoms with Gasteiger partial charge in [0.1, 0.15) is 0 Å². The molecule has 0 spiro atoms. The Labute approximate surface area is 107 Å². The lowest BCUT2D eigenvalue weighted by Crippen LogP contribution is -2.22. The monoisotopic (exact) mass is 249 g/mol. The summed E-state index contributed by atoms with van der Waals surface area (Å²) in [6.07, 6.45) is 3.37. The van der Waals surface area contributed by atoms with Gasteiger partial charge in [0.25, 0.3) is 5.69 Å². The van der Waals surface area contributed by atoms with E-state index >= 15 is 0 Å². The maximum atomic E-state index is 10.7. The predicted molar refractivity (Wildman–Crippen MR) is 71.9 cm³/mol. The van der Waals surface area contributed by atoms with Gasteiger partial charge in [0.05, 0.1) is 4.92 Å². The van der Waals surface area contributed by atoms with Crippen molar-refractivity contribution in [2.75, 3.05) is 25.5 Å². The second-order valence-corrected chi connectivity index (χ2v) is 4.88. The number of nitro benzene ring substituents is 1. The highest BCUT2D eigenvalue weighted by Crippen LogP contribution is 2.20. The van der Waals surface area contributed by atoms with Crippen molar-refractivity contribution in [2.45, 2.75) is 25.3 Å². The highest BCUT2D eigenvalue weighted by Gasteiger charge is 2.15. The molecule has 1 N–H and O–H groups in total. The van der Waals surface area contributed by atoms with Crippen LogP contribution in [0.1, 0.15) is 19.3 Å². The van der Waals surface area contributed by atoms with Gasteiger partial charge in [0, 0.05) is 23.9 Å².